The molecule has 5 nitrogen and oxygen atoms in total. The second-order valence-corrected chi connectivity index (χ2v) is 12.1. The lowest BCUT2D eigenvalue weighted by atomic mass is 9.44. The molecule has 0 aromatic carbocycles. The van der Waals surface area contributed by atoms with Gasteiger partial charge in [0.2, 0.25) is 5.12 Å². The molecule has 1 N–H and O–H groups in total. The number of alkyl halides is 2. The van der Waals surface area contributed by atoms with E-state index in [4.69, 9.17) is 9.47 Å². The number of carbonyl (C=O) groups is 2. The topological polar surface area (TPSA) is 72.8 Å². The third-order valence-corrected chi connectivity index (χ3v) is 10.7. The molecule has 3 saturated carbocycles. The van der Waals surface area contributed by atoms with Gasteiger partial charge in [0.25, 0.3) is 0 Å². The van der Waals surface area contributed by atoms with Crippen LogP contribution in [0.25, 0.3) is 0 Å². The van der Waals surface area contributed by atoms with Crippen LogP contribution in [-0.4, -0.2) is 45.7 Å². The van der Waals surface area contributed by atoms with Crippen molar-refractivity contribution in [2.75, 3.05) is 0 Å². The molecule has 0 amide bonds. The van der Waals surface area contributed by atoms with Crippen LogP contribution < -0.4 is 0 Å². The van der Waals surface area contributed by atoms with Crippen LogP contribution in [-0.2, 0) is 19.1 Å². The minimum atomic E-state index is -2.21. The maximum absolute atomic E-state index is 17.2. The Balaban J connectivity index is 1.46. The van der Waals surface area contributed by atoms with Gasteiger partial charge in [0.15, 0.2) is 23.3 Å². The average Bonchev–Trinajstić information content (AvgIpc) is 3.47. The lowest BCUT2D eigenvalue weighted by Crippen LogP contribution is -2.70. The fraction of sp³-hybridized carbons (Fsp3) is 0.600. The van der Waals surface area contributed by atoms with Crippen molar-refractivity contribution < 1.29 is 33.0 Å². The maximum Gasteiger partial charge on any atom is 0.221 e. The largest absolute Gasteiger partial charge is 0.390 e. The van der Waals surface area contributed by atoms with E-state index in [1.54, 1.807) is 6.92 Å². The second-order valence-electron chi connectivity index (χ2n) is 10.7. The van der Waals surface area contributed by atoms with Crippen LogP contribution in [0.1, 0.15) is 44.3 Å². The van der Waals surface area contributed by atoms with Crippen molar-refractivity contribution in [3.05, 3.63) is 46.2 Å². The van der Waals surface area contributed by atoms with Gasteiger partial charge in [0, 0.05) is 16.7 Å². The zero-order chi connectivity index (χ0) is 24.3. The molecule has 1 aromatic rings. The number of carbonyl (C=O) groups excluding carboxylic acids is 2. The molecule has 4 fully saturated rings. The Hall–Kier alpha value is -1.39. The molecule has 34 heavy (non-hydrogen) atoms. The molecule has 182 valence electrons. The van der Waals surface area contributed by atoms with Crippen molar-refractivity contribution in [1.82, 2.24) is 0 Å². The van der Waals surface area contributed by atoms with Crippen LogP contribution in [0.2, 0.25) is 0 Å². The van der Waals surface area contributed by atoms with E-state index in [1.165, 1.54) is 29.6 Å². The summed E-state index contributed by atoms with van der Waals surface area (Å²) in [5.41, 5.74) is -6.12. The third kappa shape index (κ3) is 2.50. The molecule has 2 heterocycles. The molecule has 6 rings (SSSR count). The van der Waals surface area contributed by atoms with Crippen LogP contribution in [0.4, 0.5) is 8.78 Å². The highest BCUT2D eigenvalue weighted by atomic mass is 32.1. The molecule has 1 aliphatic heterocycles. The highest BCUT2D eigenvalue weighted by Gasteiger charge is 2.80. The van der Waals surface area contributed by atoms with E-state index in [0.29, 0.717) is 0 Å². The zero-order valence-electron chi connectivity index (χ0n) is 18.7. The number of aliphatic hydroxyl groups excluding tert-OH is 1. The average molecular weight is 509 g/mol. The van der Waals surface area contributed by atoms with Crippen molar-refractivity contribution in [3.8, 4) is 0 Å². The van der Waals surface area contributed by atoms with Gasteiger partial charge in [-0.3, -0.25) is 9.59 Å². The summed E-state index contributed by atoms with van der Waals surface area (Å²) in [5.74, 6) is -1.78. The number of aliphatic hydroxyl groups is 1. The zero-order valence-corrected chi connectivity index (χ0v) is 20.5. The van der Waals surface area contributed by atoms with Crippen molar-refractivity contribution in [1.29, 1.82) is 0 Å². The van der Waals surface area contributed by atoms with Gasteiger partial charge in [0.1, 0.15) is 6.17 Å². The molecule has 1 saturated heterocycles. The number of thiophene rings is 1. The Morgan fingerprint density at radius 2 is 2.06 bits per heavy atom. The molecular formula is C25H26F2O5S2. The van der Waals surface area contributed by atoms with Gasteiger partial charge in [-0.15, -0.1) is 24.0 Å². The van der Waals surface area contributed by atoms with Crippen LogP contribution in [0.5, 0.6) is 0 Å². The number of fused-ring (bicyclic) bond motifs is 7. The van der Waals surface area contributed by atoms with Gasteiger partial charge in [0.05, 0.1) is 17.1 Å². The van der Waals surface area contributed by atoms with E-state index < -0.39 is 63.7 Å². The number of halogens is 2. The monoisotopic (exact) mass is 508 g/mol. The Morgan fingerprint density at radius 1 is 1.29 bits per heavy atom. The van der Waals surface area contributed by atoms with Crippen molar-refractivity contribution >= 4 is 34.9 Å². The van der Waals surface area contributed by atoms with E-state index in [2.05, 4.69) is 12.6 Å². The van der Waals surface area contributed by atoms with E-state index in [-0.39, 0.29) is 30.6 Å². The lowest BCUT2D eigenvalue weighted by molar-refractivity contribution is -0.232. The van der Waals surface area contributed by atoms with Gasteiger partial charge in [-0.05, 0) is 61.3 Å². The summed E-state index contributed by atoms with van der Waals surface area (Å²) >= 11 is 5.65. The number of allylic oxidation sites excluding steroid dienone is 4. The van der Waals surface area contributed by atoms with Gasteiger partial charge in [-0.25, -0.2) is 8.78 Å². The van der Waals surface area contributed by atoms with E-state index in [1.807, 2.05) is 24.4 Å². The Labute approximate surface area is 205 Å². The standard InChI is InChI=1S/C25H26F2O5S2/c1-22-6-5-12(28)8-15(22)16(26)9-14-13-10-19-25(21(30)33,23(13,2)11-18(29)24(14,22)27)32-20(31-19)17-4-3-7-34-17/h3-8,13-14,16,18-20,29H,9-11H2,1-2H3,(H,30,33)/t13-,14-,16-,18-,19+,20-,22-,23-,24-,25-/m0/s1. The third-order valence-electron chi connectivity index (χ3n) is 9.46. The molecule has 0 spiro atoms. The molecule has 0 bridgehead atoms. The number of thiol groups is 1. The molecule has 1 aromatic heterocycles. The molecule has 0 radical (unpaired) electrons. The summed E-state index contributed by atoms with van der Waals surface area (Å²) in [6.07, 6.45) is -0.639. The van der Waals surface area contributed by atoms with Crippen molar-refractivity contribution in [3.63, 3.8) is 0 Å². The summed E-state index contributed by atoms with van der Waals surface area (Å²) in [6, 6.07) is 3.72. The smallest absolute Gasteiger partial charge is 0.221 e. The molecule has 9 heteroatoms. The van der Waals surface area contributed by atoms with Gasteiger partial charge in [-0.2, -0.15) is 0 Å². The first-order chi connectivity index (χ1) is 16.0. The quantitative estimate of drug-likeness (QED) is 0.584. The number of rotatable bonds is 2. The van der Waals surface area contributed by atoms with Crippen LogP contribution in [0.15, 0.2) is 41.3 Å². The normalized spacial score (nSPS) is 51.4. The molecule has 10 atom stereocenters. The minimum absolute atomic E-state index is 0.0738. The van der Waals surface area contributed by atoms with Crippen LogP contribution >= 0.6 is 24.0 Å². The minimum Gasteiger partial charge on any atom is -0.390 e. The summed E-state index contributed by atoms with van der Waals surface area (Å²) in [6.45, 7) is 3.37. The Morgan fingerprint density at radius 3 is 2.74 bits per heavy atom. The lowest BCUT2D eigenvalue weighted by Gasteiger charge is -2.63. The highest BCUT2D eigenvalue weighted by Crippen LogP contribution is 2.72. The predicted molar refractivity (Wildman–Crippen MR) is 124 cm³/mol. The molecular weight excluding hydrogens is 482 g/mol. The Kier molecular flexibility index (Phi) is 4.81. The summed E-state index contributed by atoms with van der Waals surface area (Å²) in [5, 5.41) is 12.8. The molecule has 5 aliphatic rings. The molecule has 4 aliphatic carbocycles. The van der Waals surface area contributed by atoms with Gasteiger partial charge < -0.3 is 14.6 Å². The van der Waals surface area contributed by atoms with E-state index >= 15 is 8.78 Å². The SMILES string of the molecule is C[C@]12C=CC(=O)C=C1[C@@H](F)C[C@H]1[C@@H]3C[C@H]4O[C@H](c5cccs5)O[C@@]4(C(=O)S)[C@@]3(C)C[C@H](O)[C@@]12F. The maximum atomic E-state index is 17.2. The second kappa shape index (κ2) is 7.09. The summed E-state index contributed by atoms with van der Waals surface area (Å²) < 4.78 is 45.3. The first-order valence-electron chi connectivity index (χ1n) is 11.6. The predicted octanol–water partition coefficient (Wildman–Crippen LogP) is 4.29. The number of ketones is 1. The number of hydrogen-bond acceptors (Lipinski definition) is 6. The first kappa shape index (κ1) is 23.0. The number of hydrogen-bond donors (Lipinski definition) is 2. The van der Waals surface area contributed by atoms with E-state index in [0.717, 1.165) is 4.88 Å². The van der Waals surface area contributed by atoms with E-state index in [9.17, 15) is 14.7 Å². The van der Waals surface area contributed by atoms with Crippen LogP contribution in [0, 0.1) is 22.7 Å². The Bertz CT molecular complexity index is 1140. The fourth-order valence-electron chi connectivity index (χ4n) is 7.87. The van der Waals surface area contributed by atoms with Crippen molar-refractivity contribution in [2.24, 2.45) is 22.7 Å². The van der Waals surface area contributed by atoms with Crippen LogP contribution in [0.3, 0.4) is 0 Å². The van der Waals surface area contributed by atoms with Crippen molar-refractivity contribution in [2.45, 2.75) is 69.0 Å². The summed E-state index contributed by atoms with van der Waals surface area (Å²) in [4.78, 5) is 25.9. The summed E-state index contributed by atoms with van der Waals surface area (Å²) in [7, 11) is 0. The first-order valence-corrected chi connectivity index (χ1v) is 12.9. The highest BCUT2D eigenvalue weighted by molar-refractivity contribution is 7.96. The number of ether oxygens (including phenoxy) is 2. The van der Waals surface area contributed by atoms with Gasteiger partial charge >= 0.3 is 0 Å². The fourth-order valence-corrected chi connectivity index (χ4v) is 9.01. The van der Waals surface area contributed by atoms with Gasteiger partial charge in [-0.1, -0.05) is 19.1 Å². The molecule has 0 unspecified atom stereocenters.